The summed E-state index contributed by atoms with van der Waals surface area (Å²) in [5.74, 6) is 1.06. The molecule has 3 aromatic rings. The van der Waals surface area contributed by atoms with Crippen molar-refractivity contribution in [2.45, 2.75) is 33.0 Å². The highest BCUT2D eigenvalue weighted by molar-refractivity contribution is 7.13. The maximum atomic E-state index is 5.62. The second-order valence-corrected chi connectivity index (χ2v) is 5.87. The van der Waals surface area contributed by atoms with E-state index < -0.39 is 0 Å². The van der Waals surface area contributed by atoms with E-state index in [1.165, 1.54) is 0 Å². The molecule has 3 heterocycles. The Morgan fingerprint density at radius 3 is 3.00 bits per heavy atom. The lowest BCUT2D eigenvalue weighted by Gasteiger charge is -2.03. The Labute approximate surface area is 126 Å². The predicted octanol–water partition coefficient (Wildman–Crippen LogP) is 1.94. The summed E-state index contributed by atoms with van der Waals surface area (Å²) >= 11 is 1.57. The largest absolute Gasteiger partial charge is 0.418 e. The number of nitrogens with one attached hydrogen (secondary N) is 1. The van der Waals surface area contributed by atoms with Crippen molar-refractivity contribution < 1.29 is 4.42 Å². The molecule has 0 spiro atoms. The van der Waals surface area contributed by atoms with Crippen molar-refractivity contribution in [2.75, 3.05) is 0 Å². The van der Waals surface area contributed by atoms with E-state index in [0.29, 0.717) is 30.9 Å². The Morgan fingerprint density at radius 1 is 1.33 bits per heavy atom. The van der Waals surface area contributed by atoms with Gasteiger partial charge < -0.3 is 9.73 Å². The van der Waals surface area contributed by atoms with Crippen LogP contribution in [-0.4, -0.2) is 31.2 Å². The molecule has 0 saturated carbocycles. The number of thiophene rings is 1. The van der Waals surface area contributed by atoms with Gasteiger partial charge in [-0.3, -0.25) is 0 Å². The zero-order valence-corrected chi connectivity index (χ0v) is 12.7. The summed E-state index contributed by atoms with van der Waals surface area (Å²) in [4.78, 5) is 0.967. The molecule has 0 unspecified atom stereocenters. The van der Waals surface area contributed by atoms with Crippen LogP contribution in [0.2, 0.25) is 0 Å². The van der Waals surface area contributed by atoms with Crippen molar-refractivity contribution in [2.24, 2.45) is 0 Å². The van der Waals surface area contributed by atoms with Crippen LogP contribution in [0.25, 0.3) is 10.8 Å². The summed E-state index contributed by atoms with van der Waals surface area (Å²) in [6.07, 6.45) is 1.88. The van der Waals surface area contributed by atoms with Gasteiger partial charge in [-0.15, -0.1) is 26.6 Å². The van der Waals surface area contributed by atoms with Gasteiger partial charge in [-0.2, -0.15) is 0 Å². The number of hydrogen-bond donors (Lipinski definition) is 1. The SMILES string of the molecule is CC(C)NCc1cn(Cc2nnc(-c3cccs3)o2)nn1. The summed E-state index contributed by atoms with van der Waals surface area (Å²) < 4.78 is 7.32. The standard InChI is InChI=1S/C13H16N6OS/c1-9(2)14-6-10-7-19(18-15-10)8-12-16-17-13(20-12)11-4-3-5-21-11/h3-5,7,9,14H,6,8H2,1-2H3. The second-order valence-electron chi connectivity index (χ2n) is 4.92. The van der Waals surface area contributed by atoms with Gasteiger partial charge in [0.15, 0.2) is 0 Å². The van der Waals surface area contributed by atoms with Crippen LogP contribution in [0.1, 0.15) is 25.4 Å². The van der Waals surface area contributed by atoms with E-state index >= 15 is 0 Å². The summed E-state index contributed by atoms with van der Waals surface area (Å²) in [7, 11) is 0. The molecule has 0 aromatic carbocycles. The summed E-state index contributed by atoms with van der Waals surface area (Å²) in [5.41, 5.74) is 0.890. The average Bonchev–Trinajstić information content (AvgIpc) is 3.18. The van der Waals surface area contributed by atoms with E-state index in [4.69, 9.17) is 4.42 Å². The molecule has 110 valence electrons. The number of nitrogens with zero attached hydrogens (tertiary/aromatic N) is 5. The Balaban J connectivity index is 1.64. The Morgan fingerprint density at radius 2 is 2.24 bits per heavy atom. The van der Waals surface area contributed by atoms with E-state index in [1.54, 1.807) is 16.0 Å². The highest BCUT2D eigenvalue weighted by Crippen LogP contribution is 2.22. The van der Waals surface area contributed by atoms with Crippen molar-refractivity contribution in [1.29, 1.82) is 0 Å². The molecule has 0 radical (unpaired) electrons. The maximum Gasteiger partial charge on any atom is 0.257 e. The highest BCUT2D eigenvalue weighted by atomic mass is 32.1. The molecule has 3 rings (SSSR count). The third-order valence-corrected chi connectivity index (χ3v) is 3.63. The highest BCUT2D eigenvalue weighted by Gasteiger charge is 2.10. The van der Waals surface area contributed by atoms with Gasteiger partial charge in [0.1, 0.15) is 6.54 Å². The zero-order valence-electron chi connectivity index (χ0n) is 11.9. The first-order valence-electron chi connectivity index (χ1n) is 6.69. The molecular weight excluding hydrogens is 288 g/mol. The van der Waals surface area contributed by atoms with E-state index in [1.807, 2.05) is 23.7 Å². The van der Waals surface area contributed by atoms with E-state index in [0.717, 1.165) is 10.6 Å². The molecule has 7 nitrogen and oxygen atoms in total. The van der Waals surface area contributed by atoms with E-state index in [2.05, 4.69) is 39.7 Å². The van der Waals surface area contributed by atoms with Crippen molar-refractivity contribution in [3.05, 3.63) is 35.3 Å². The van der Waals surface area contributed by atoms with Gasteiger partial charge in [-0.05, 0) is 11.4 Å². The van der Waals surface area contributed by atoms with E-state index in [9.17, 15) is 0 Å². The van der Waals surface area contributed by atoms with Crippen molar-refractivity contribution >= 4 is 11.3 Å². The second kappa shape index (κ2) is 6.15. The fourth-order valence-electron chi connectivity index (χ4n) is 1.76. The Hall–Kier alpha value is -2.06. The molecule has 0 fully saturated rings. The fourth-order valence-corrected chi connectivity index (χ4v) is 2.41. The molecule has 0 amide bonds. The topological polar surface area (TPSA) is 81.7 Å². The molecule has 0 bridgehead atoms. The minimum absolute atomic E-state index is 0.416. The van der Waals surface area contributed by atoms with Gasteiger partial charge in [0.05, 0.1) is 16.8 Å². The van der Waals surface area contributed by atoms with Crippen LogP contribution in [-0.2, 0) is 13.1 Å². The Bertz CT molecular complexity index is 687. The molecule has 3 aromatic heterocycles. The van der Waals surface area contributed by atoms with Crippen molar-refractivity contribution in [1.82, 2.24) is 30.5 Å². The molecule has 0 aliphatic heterocycles. The minimum Gasteiger partial charge on any atom is -0.418 e. The van der Waals surface area contributed by atoms with Crippen LogP contribution in [0.3, 0.4) is 0 Å². The van der Waals surface area contributed by atoms with Crippen LogP contribution >= 0.6 is 11.3 Å². The van der Waals surface area contributed by atoms with Gasteiger partial charge >= 0.3 is 0 Å². The lowest BCUT2D eigenvalue weighted by atomic mass is 10.3. The molecule has 0 aliphatic rings. The third kappa shape index (κ3) is 3.53. The molecule has 0 atom stereocenters. The van der Waals surface area contributed by atoms with Crippen molar-refractivity contribution in [3.8, 4) is 10.8 Å². The summed E-state index contributed by atoms with van der Waals surface area (Å²) in [6, 6.07) is 4.32. The van der Waals surface area contributed by atoms with Crippen LogP contribution < -0.4 is 5.32 Å². The predicted molar refractivity (Wildman–Crippen MR) is 78.7 cm³/mol. The minimum atomic E-state index is 0.416. The molecule has 8 heteroatoms. The molecule has 21 heavy (non-hydrogen) atoms. The number of hydrogen-bond acceptors (Lipinski definition) is 7. The van der Waals surface area contributed by atoms with Gasteiger partial charge in [-0.1, -0.05) is 25.1 Å². The summed E-state index contributed by atoms with van der Waals surface area (Å²) in [6.45, 7) is 5.30. The zero-order chi connectivity index (χ0) is 14.7. The molecular formula is C13H16N6OS. The Kier molecular flexibility index (Phi) is 4.07. The monoisotopic (exact) mass is 304 g/mol. The lowest BCUT2D eigenvalue weighted by molar-refractivity contribution is 0.470. The van der Waals surface area contributed by atoms with Crippen LogP contribution in [0, 0.1) is 0 Å². The fraction of sp³-hybridized carbons (Fsp3) is 0.385. The smallest absolute Gasteiger partial charge is 0.257 e. The molecule has 1 N–H and O–H groups in total. The average molecular weight is 304 g/mol. The number of rotatable bonds is 6. The first kappa shape index (κ1) is 13.9. The normalized spacial score (nSPS) is 11.4. The molecule has 0 saturated heterocycles. The van der Waals surface area contributed by atoms with Gasteiger partial charge in [-0.25, -0.2) is 4.68 Å². The quantitative estimate of drug-likeness (QED) is 0.749. The first-order chi connectivity index (χ1) is 10.2. The number of aromatic nitrogens is 5. The van der Waals surface area contributed by atoms with Crippen LogP contribution in [0.4, 0.5) is 0 Å². The summed E-state index contributed by atoms with van der Waals surface area (Å²) in [5, 5.41) is 21.5. The van der Waals surface area contributed by atoms with Crippen molar-refractivity contribution in [3.63, 3.8) is 0 Å². The lowest BCUT2D eigenvalue weighted by Crippen LogP contribution is -2.21. The first-order valence-corrected chi connectivity index (χ1v) is 7.57. The maximum absolute atomic E-state index is 5.62. The van der Waals surface area contributed by atoms with Crippen LogP contribution in [0.15, 0.2) is 28.1 Å². The molecule has 0 aliphatic carbocycles. The van der Waals surface area contributed by atoms with Gasteiger partial charge in [0.25, 0.3) is 5.89 Å². The van der Waals surface area contributed by atoms with Gasteiger partial charge in [0, 0.05) is 12.6 Å². The van der Waals surface area contributed by atoms with E-state index in [-0.39, 0.29) is 0 Å². The third-order valence-electron chi connectivity index (χ3n) is 2.77. The van der Waals surface area contributed by atoms with Crippen LogP contribution in [0.5, 0.6) is 0 Å². The van der Waals surface area contributed by atoms with Gasteiger partial charge in [0.2, 0.25) is 5.89 Å².